The normalized spacial score (nSPS) is 23.8. The third-order valence-electron chi connectivity index (χ3n) is 4.61. The highest BCUT2D eigenvalue weighted by Gasteiger charge is 2.58. The second-order valence-electron chi connectivity index (χ2n) is 7.61. The Morgan fingerprint density at radius 1 is 1.27 bits per heavy atom. The van der Waals surface area contributed by atoms with Crippen molar-refractivity contribution >= 4 is 17.8 Å². The van der Waals surface area contributed by atoms with Crippen molar-refractivity contribution in [3.63, 3.8) is 0 Å². The lowest BCUT2D eigenvalue weighted by atomic mass is 9.93. The van der Waals surface area contributed by atoms with Gasteiger partial charge in [0.05, 0.1) is 0 Å². The number of aliphatic carboxylic acids is 1. The first-order chi connectivity index (χ1) is 10.2. The van der Waals surface area contributed by atoms with E-state index in [0.717, 1.165) is 12.8 Å². The smallest absolute Gasteiger partial charge is 0.319 e. The predicted octanol–water partition coefficient (Wildman–Crippen LogP) is 1.25. The molecule has 2 aliphatic rings. The first-order valence-corrected chi connectivity index (χ1v) is 7.98. The van der Waals surface area contributed by atoms with Crippen LogP contribution in [0.5, 0.6) is 0 Å². The highest BCUT2D eigenvalue weighted by molar-refractivity contribution is 6.04. The number of hydrogen-bond acceptors (Lipinski definition) is 3. The van der Waals surface area contributed by atoms with Gasteiger partial charge in [-0.15, -0.1) is 0 Å². The van der Waals surface area contributed by atoms with E-state index >= 15 is 0 Å². The van der Waals surface area contributed by atoms with E-state index in [9.17, 15) is 19.5 Å². The SMILES string of the molecule is CC(C)(C)C(=O)NCC1CCCN(C(=O)C2(C(=O)O)CC2)C1. The van der Waals surface area contributed by atoms with E-state index in [1.165, 1.54) is 0 Å². The zero-order valence-electron chi connectivity index (χ0n) is 13.6. The topological polar surface area (TPSA) is 86.7 Å². The fourth-order valence-corrected chi connectivity index (χ4v) is 2.87. The molecule has 22 heavy (non-hydrogen) atoms. The molecule has 1 unspecified atom stereocenters. The third kappa shape index (κ3) is 3.42. The molecule has 2 rings (SSSR count). The summed E-state index contributed by atoms with van der Waals surface area (Å²) in [6, 6.07) is 0. The van der Waals surface area contributed by atoms with E-state index < -0.39 is 16.8 Å². The molecule has 6 nitrogen and oxygen atoms in total. The number of carboxylic acids is 1. The first kappa shape index (κ1) is 16.8. The number of carboxylic acid groups (broad SMARTS) is 1. The molecule has 1 saturated carbocycles. The molecule has 1 atom stereocenters. The molecule has 1 heterocycles. The number of hydrogen-bond donors (Lipinski definition) is 2. The Hall–Kier alpha value is -1.59. The van der Waals surface area contributed by atoms with Crippen LogP contribution in [0.2, 0.25) is 0 Å². The molecule has 1 saturated heterocycles. The van der Waals surface area contributed by atoms with Gasteiger partial charge >= 0.3 is 5.97 Å². The molecule has 1 aliphatic carbocycles. The average molecular weight is 310 g/mol. The minimum absolute atomic E-state index is 0.000138. The van der Waals surface area contributed by atoms with Crippen LogP contribution in [0, 0.1) is 16.7 Å². The first-order valence-electron chi connectivity index (χ1n) is 7.98. The number of nitrogens with one attached hydrogen (secondary N) is 1. The summed E-state index contributed by atoms with van der Waals surface area (Å²) in [5.74, 6) is -1.04. The van der Waals surface area contributed by atoms with Crippen molar-refractivity contribution in [1.29, 1.82) is 0 Å². The van der Waals surface area contributed by atoms with Gasteiger partial charge in [-0.05, 0) is 31.6 Å². The number of amides is 2. The molecule has 124 valence electrons. The maximum absolute atomic E-state index is 12.4. The van der Waals surface area contributed by atoms with E-state index in [2.05, 4.69) is 5.32 Å². The number of rotatable bonds is 4. The summed E-state index contributed by atoms with van der Waals surface area (Å²) in [5.41, 5.74) is -1.58. The van der Waals surface area contributed by atoms with Crippen LogP contribution in [-0.4, -0.2) is 47.4 Å². The van der Waals surface area contributed by atoms with E-state index in [4.69, 9.17) is 0 Å². The largest absolute Gasteiger partial charge is 0.480 e. The van der Waals surface area contributed by atoms with Crippen molar-refractivity contribution in [2.45, 2.75) is 46.5 Å². The highest BCUT2D eigenvalue weighted by Crippen LogP contribution is 2.47. The van der Waals surface area contributed by atoms with E-state index in [1.54, 1.807) is 4.90 Å². The summed E-state index contributed by atoms with van der Waals surface area (Å²) in [6.45, 7) is 7.30. The zero-order valence-corrected chi connectivity index (χ0v) is 13.6. The molecule has 2 N–H and O–H groups in total. The van der Waals surface area contributed by atoms with Crippen LogP contribution < -0.4 is 5.32 Å². The minimum Gasteiger partial charge on any atom is -0.480 e. The molecule has 0 spiro atoms. The molecule has 0 aromatic carbocycles. The third-order valence-corrected chi connectivity index (χ3v) is 4.61. The number of carbonyl (C=O) groups excluding carboxylic acids is 2. The number of nitrogens with zero attached hydrogens (tertiary/aromatic N) is 1. The van der Waals surface area contributed by atoms with Gasteiger partial charge in [0.1, 0.15) is 5.41 Å². The summed E-state index contributed by atoms with van der Waals surface area (Å²) < 4.78 is 0. The second kappa shape index (κ2) is 5.89. The van der Waals surface area contributed by atoms with Crippen LogP contribution in [0.3, 0.4) is 0 Å². The minimum atomic E-state index is -1.16. The number of likely N-dealkylation sites (tertiary alicyclic amines) is 1. The van der Waals surface area contributed by atoms with Gasteiger partial charge in [-0.2, -0.15) is 0 Å². The summed E-state index contributed by atoms with van der Waals surface area (Å²) >= 11 is 0. The molecule has 0 radical (unpaired) electrons. The van der Waals surface area contributed by atoms with Crippen molar-refractivity contribution in [1.82, 2.24) is 10.2 Å². The van der Waals surface area contributed by atoms with Crippen LogP contribution in [0.4, 0.5) is 0 Å². The van der Waals surface area contributed by atoms with Gasteiger partial charge in [0.2, 0.25) is 11.8 Å². The number of carbonyl (C=O) groups is 3. The Balaban J connectivity index is 1.88. The molecular formula is C16H26N2O4. The van der Waals surface area contributed by atoms with Gasteiger partial charge < -0.3 is 15.3 Å². The van der Waals surface area contributed by atoms with Crippen LogP contribution in [-0.2, 0) is 14.4 Å². The lowest BCUT2D eigenvalue weighted by Crippen LogP contribution is -2.48. The van der Waals surface area contributed by atoms with E-state index in [0.29, 0.717) is 32.5 Å². The Morgan fingerprint density at radius 3 is 2.41 bits per heavy atom. The van der Waals surface area contributed by atoms with Crippen LogP contribution >= 0.6 is 0 Å². The second-order valence-corrected chi connectivity index (χ2v) is 7.61. The van der Waals surface area contributed by atoms with E-state index in [-0.39, 0.29) is 17.7 Å². The van der Waals surface area contributed by atoms with Gasteiger partial charge in [0.15, 0.2) is 0 Å². The summed E-state index contributed by atoms with van der Waals surface area (Å²) in [5, 5.41) is 12.2. The summed E-state index contributed by atoms with van der Waals surface area (Å²) in [7, 11) is 0. The van der Waals surface area contributed by atoms with Crippen molar-refractivity contribution in [2.24, 2.45) is 16.7 Å². The lowest BCUT2D eigenvalue weighted by Gasteiger charge is -2.34. The average Bonchev–Trinajstić information content (AvgIpc) is 3.25. The van der Waals surface area contributed by atoms with Crippen molar-refractivity contribution in [2.75, 3.05) is 19.6 Å². The lowest BCUT2D eigenvalue weighted by molar-refractivity contribution is -0.154. The van der Waals surface area contributed by atoms with Crippen LogP contribution in [0.1, 0.15) is 46.5 Å². The standard InChI is InChI=1S/C16H26N2O4/c1-15(2,3)12(19)17-9-11-5-4-8-18(10-11)13(20)16(6-7-16)14(21)22/h11H,4-10H2,1-3H3,(H,17,19)(H,21,22). The van der Waals surface area contributed by atoms with Gasteiger partial charge in [0, 0.05) is 25.0 Å². The highest BCUT2D eigenvalue weighted by atomic mass is 16.4. The fraction of sp³-hybridized carbons (Fsp3) is 0.812. The maximum atomic E-state index is 12.4. The molecule has 2 fully saturated rings. The van der Waals surface area contributed by atoms with Crippen LogP contribution in [0.25, 0.3) is 0 Å². The number of piperidine rings is 1. The molecule has 0 bridgehead atoms. The fourth-order valence-electron chi connectivity index (χ4n) is 2.87. The molecule has 1 aliphatic heterocycles. The Kier molecular flexibility index (Phi) is 4.49. The van der Waals surface area contributed by atoms with Crippen molar-refractivity contribution in [3.8, 4) is 0 Å². The quantitative estimate of drug-likeness (QED) is 0.765. The van der Waals surface area contributed by atoms with Crippen LogP contribution in [0.15, 0.2) is 0 Å². The maximum Gasteiger partial charge on any atom is 0.319 e. The van der Waals surface area contributed by atoms with E-state index in [1.807, 2.05) is 20.8 Å². The van der Waals surface area contributed by atoms with Gasteiger partial charge in [-0.1, -0.05) is 20.8 Å². The van der Waals surface area contributed by atoms with Gasteiger partial charge in [-0.25, -0.2) is 0 Å². The van der Waals surface area contributed by atoms with Crippen molar-refractivity contribution in [3.05, 3.63) is 0 Å². The zero-order chi connectivity index (χ0) is 16.5. The monoisotopic (exact) mass is 310 g/mol. The van der Waals surface area contributed by atoms with Crippen molar-refractivity contribution < 1.29 is 19.5 Å². The molecule has 6 heteroatoms. The molecule has 2 amide bonds. The summed E-state index contributed by atoms with van der Waals surface area (Å²) in [6.07, 6.45) is 2.71. The van der Waals surface area contributed by atoms with Gasteiger partial charge in [-0.3, -0.25) is 14.4 Å². The Labute approximate surface area is 131 Å². The molecular weight excluding hydrogens is 284 g/mol. The molecule has 0 aromatic rings. The molecule has 0 aromatic heterocycles. The Bertz CT molecular complexity index is 477. The summed E-state index contributed by atoms with van der Waals surface area (Å²) in [4.78, 5) is 37.3. The predicted molar refractivity (Wildman–Crippen MR) is 81.1 cm³/mol. The van der Waals surface area contributed by atoms with Gasteiger partial charge in [0.25, 0.3) is 0 Å². The Morgan fingerprint density at radius 2 is 1.91 bits per heavy atom.